The summed E-state index contributed by atoms with van der Waals surface area (Å²) in [6.07, 6.45) is 47.9. The van der Waals surface area contributed by atoms with Crippen molar-refractivity contribution in [2.24, 2.45) is 0 Å². The van der Waals surface area contributed by atoms with Gasteiger partial charge < -0.3 is 33.0 Å². The van der Waals surface area contributed by atoms with Crippen molar-refractivity contribution < 1.29 is 47.2 Å². The molecule has 0 amide bonds. The molecule has 1 N–H and O–H groups in total. The molecule has 0 aliphatic rings. The molecular weight excluding hydrogens is 765 g/mol. The first-order valence-electron chi connectivity index (χ1n) is 22.0. The number of hydrogen-bond donors (Lipinski definition) is 1. The van der Waals surface area contributed by atoms with Gasteiger partial charge in [0.15, 0.2) is 6.10 Å². The van der Waals surface area contributed by atoms with Crippen LogP contribution in [0.3, 0.4) is 0 Å². The Morgan fingerprint density at radius 1 is 0.627 bits per heavy atom. The third kappa shape index (κ3) is 42.8. The molecule has 0 fully saturated rings. The minimum atomic E-state index is -4.66. The van der Waals surface area contributed by atoms with Crippen molar-refractivity contribution in [2.75, 3.05) is 47.5 Å². The van der Waals surface area contributed by atoms with E-state index in [1.54, 1.807) is 0 Å². The Morgan fingerprint density at radius 2 is 1.12 bits per heavy atom. The van der Waals surface area contributed by atoms with Crippen LogP contribution in [0.1, 0.15) is 136 Å². The number of phosphoric ester groups is 1. The van der Waals surface area contributed by atoms with Crippen molar-refractivity contribution in [3.63, 3.8) is 0 Å². The van der Waals surface area contributed by atoms with Gasteiger partial charge >= 0.3 is 11.9 Å². The molecule has 0 bridgehead atoms. The molecule has 0 aliphatic heterocycles. The molecule has 0 rings (SSSR count). The van der Waals surface area contributed by atoms with Crippen molar-refractivity contribution in [1.29, 1.82) is 0 Å². The predicted octanol–water partition coefficient (Wildman–Crippen LogP) is 10.9. The SMILES string of the molecule is CC/C=C\C/C=C\C/C=C\C/C=C\CCCCCCC(=O)OC[C@H](COP(=O)([O-])OCC[N+](C)(C)C)OC(=O)CCC/C=C\C/C=C\C/C=C\C/C=C\CC(O)CCC. The highest BCUT2D eigenvalue weighted by Gasteiger charge is 2.21. The summed E-state index contributed by atoms with van der Waals surface area (Å²) in [5.74, 6) is -0.960. The molecule has 0 aromatic rings. The quantitative estimate of drug-likeness (QED) is 0.0212. The van der Waals surface area contributed by atoms with Gasteiger partial charge in [0, 0.05) is 12.8 Å². The molecule has 0 aliphatic carbocycles. The first-order chi connectivity index (χ1) is 28.4. The van der Waals surface area contributed by atoms with Crippen LogP contribution in [-0.4, -0.2) is 81.2 Å². The molecule has 336 valence electrons. The third-order valence-electron chi connectivity index (χ3n) is 8.64. The monoisotopic (exact) mass is 846 g/mol. The summed E-state index contributed by atoms with van der Waals surface area (Å²) in [5.41, 5.74) is 0. The van der Waals surface area contributed by atoms with Crippen LogP contribution in [0.5, 0.6) is 0 Å². The molecular formula is C48H80NO9P. The van der Waals surface area contributed by atoms with Gasteiger partial charge in [-0.25, -0.2) is 0 Å². The molecule has 10 nitrogen and oxygen atoms in total. The average molecular weight is 846 g/mol. The van der Waals surface area contributed by atoms with Crippen LogP contribution in [-0.2, 0) is 32.7 Å². The molecule has 0 heterocycles. The van der Waals surface area contributed by atoms with Crippen LogP contribution in [0.15, 0.2) is 97.2 Å². The van der Waals surface area contributed by atoms with Gasteiger partial charge in [-0.2, -0.15) is 0 Å². The summed E-state index contributed by atoms with van der Waals surface area (Å²) >= 11 is 0. The summed E-state index contributed by atoms with van der Waals surface area (Å²) in [5, 5.41) is 9.74. The van der Waals surface area contributed by atoms with Crippen molar-refractivity contribution in [1.82, 2.24) is 0 Å². The number of hydrogen-bond acceptors (Lipinski definition) is 9. The number of allylic oxidation sites excluding steroid dienone is 15. The molecule has 3 atom stereocenters. The fraction of sp³-hybridized carbons (Fsp3) is 0.625. The number of aliphatic hydroxyl groups excluding tert-OH is 1. The second-order valence-corrected chi connectivity index (χ2v) is 16.9. The first-order valence-corrected chi connectivity index (χ1v) is 23.5. The summed E-state index contributed by atoms with van der Waals surface area (Å²) < 4.78 is 33.8. The normalized spacial score (nSPS) is 15.0. The second kappa shape index (κ2) is 39.1. The zero-order valence-electron chi connectivity index (χ0n) is 37.3. The number of carbonyl (C=O) groups is 2. The Hall–Kier alpha value is -3.11. The topological polar surface area (TPSA) is 131 Å². The van der Waals surface area contributed by atoms with E-state index in [2.05, 4.69) is 92.8 Å². The van der Waals surface area contributed by atoms with Crippen LogP contribution in [0.2, 0.25) is 0 Å². The maximum Gasteiger partial charge on any atom is 0.306 e. The van der Waals surface area contributed by atoms with E-state index < -0.39 is 32.5 Å². The van der Waals surface area contributed by atoms with Crippen molar-refractivity contribution in [3.05, 3.63) is 97.2 Å². The van der Waals surface area contributed by atoms with E-state index in [0.717, 1.165) is 83.5 Å². The van der Waals surface area contributed by atoms with Gasteiger partial charge in [-0.1, -0.05) is 130 Å². The molecule has 0 saturated heterocycles. The molecule has 2 unspecified atom stereocenters. The number of likely N-dealkylation sites (N-methyl/N-ethyl adjacent to an activating group) is 1. The minimum absolute atomic E-state index is 0.0579. The van der Waals surface area contributed by atoms with Gasteiger partial charge in [-0.05, 0) is 89.9 Å². The summed E-state index contributed by atoms with van der Waals surface area (Å²) in [4.78, 5) is 37.5. The highest BCUT2D eigenvalue weighted by Crippen LogP contribution is 2.38. The Labute approximate surface area is 358 Å². The van der Waals surface area contributed by atoms with E-state index in [0.29, 0.717) is 36.7 Å². The van der Waals surface area contributed by atoms with E-state index >= 15 is 0 Å². The molecule has 0 radical (unpaired) electrons. The highest BCUT2D eigenvalue weighted by atomic mass is 31.2. The lowest BCUT2D eigenvalue weighted by Crippen LogP contribution is -2.37. The molecule has 11 heteroatoms. The van der Waals surface area contributed by atoms with E-state index in [4.69, 9.17) is 18.5 Å². The van der Waals surface area contributed by atoms with Gasteiger partial charge in [0.05, 0.1) is 33.9 Å². The maximum absolute atomic E-state index is 12.7. The lowest BCUT2D eigenvalue weighted by Gasteiger charge is -2.28. The molecule has 0 saturated carbocycles. The lowest BCUT2D eigenvalue weighted by molar-refractivity contribution is -0.870. The molecule has 0 aromatic heterocycles. The standard InChI is InChI=1S/C48H80NO9P/c1-6-8-9-10-11-12-13-14-15-16-17-20-23-26-29-32-35-39-47(51)55-43-46(44-57-59(53,54)56-42-41-49(3,4)5)58-48(52)40-36-33-30-27-24-21-18-19-22-25-28-31-34-38-45(50)37-7-2/h8-9,11-12,14-15,17-18,20-22,25,27,30-31,34,45-46,50H,6-7,10,13,16,19,23-24,26,28-29,32-33,35-44H2,1-5H3/b9-8-,12-11-,15-14-,20-17-,21-18-,25-22-,30-27-,34-31-/t45?,46-/m1/s1. The largest absolute Gasteiger partial charge is 0.756 e. The highest BCUT2D eigenvalue weighted by molar-refractivity contribution is 7.45. The fourth-order valence-corrected chi connectivity index (χ4v) is 5.97. The van der Waals surface area contributed by atoms with Crippen molar-refractivity contribution >= 4 is 19.8 Å². The van der Waals surface area contributed by atoms with Gasteiger partial charge in [0.1, 0.15) is 19.8 Å². The van der Waals surface area contributed by atoms with Crippen molar-refractivity contribution in [3.8, 4) is 0 Å². The summed E-state index contributed by atoms with van der Waals surface area (Å²) in [7, 11) is 1.07. The Kier molecular flexibility index (Phi) is 37.0. The number of rotatable bonds is 38. The summed E-state index contributed by atoms with van der Waals surface area (Å²) in [6.45, 7) is 3.78. The number of unbranched alkanes of at least 4 members (excludes halogenated alkanes) is 5. The maximum atomic E-state index is 12.7. The number of carbonyl (C=O) groups excluding carboxylic acids is 2. The minimum Gasteiger partial charge on any atom is -0.756 e. The van der Waals surface area contributed by atoms with Gasteiger partial charge in [-0.15, -0.1) is 0 Å². The van der Waals surface area contributed by atoms with Crippen LogP contribution in [0.25, 0.3) is 0 Å². The number of phosphoric acid groups is 1. The smallest absolute Gasteiger partial charge is 0.306 e. The van der Waals surface area contributed by atoms with Gasteiger partial charge in [0.25, 0.3) is 7.82 Å². The van der Waals surface area contributed by atoms with Crippen LogP contribution >= 0.6 is 7.82 Å². The number of aliphatic hydroxyl groups is 1. The van der Waals surface area contributed by atoms with E-state index in [1.165, 1.54) is 0 Å². The molecule has 0 spiro atoms. The van der Waals surface area contributed by atoms with Gasteiger partial charge in [-0.3, -0.25) is 14.2 Å². The van der Waals surface area contributed by atoms with Crippen molar-refractivity contribution in [2.45, 2.75) is 148 Å². The van der Waals surface area contributed by atoms with E-state index in [9.17, 15) is 24.2 Å². The Balaban J connectivity index is 4.54. The predicted molar refractivity (Wildman–Crippen MR) is 241 cm³/mol. The number of quaternary nitrogens is 1. The van der Waals surface area contributed by atoms with Crippen LogP contribution in [0, 0.1) is 0 Å². The molecule has 59 heavy (non-hydrogen) atoms. The second-order valence-electron chi connectivity index (χ2n) is 15.5. The zero-order chi connectivity index (χ0) is 43.7. The number of esters is 2. The Morgan fingerprint density at radius 3 is 1.66 bits per heavy atom. The molecule has 0 aromatic carbocycles. The zero-order valence-corrected chi connectivity index (χ0v) is 38.2. The van der Waals surface area contributed by atoms with Crippen LogP contribution in [0.4, 0.5) is 0 Å². The number of nitrogens with zero attached hydrogens (tertiary/aromatic N) is 1. The third-order valence-corrected chi connectivity index (χ3v) is 9.61. The lowest BCUT2D eigenvalue weighted by atomic mass is 10.1. The van der Waals surface area contributed by atoms with E-state index in [1.807, 2.05) is 39.4 Å². The van der Waals surface area contributed by atoms with Gasteiger partial charge in [0.2, 0.25) is 0 Å². The van der Waals surface area contributed by atoms with Crippen LogP contribution < -0.4 is 4.89 Å². The number of ether oxygens (including phenoxy) is 2. The summed E-state index contributed by atoms with van der Waals surface area (Å²) in [6, 6.07) is 0. The fourth-order valence-electron chi connectivity index (χ4n) is 5.24. The first kappa shape index (κ1) is 55.9. The van der Waals surface area contributed by atoms with E-state index in [-0.39, 0.29) is 32.2 Å². The average Bonchev–Trinajstić information content (AvgIpc) is 3.18. The Bertz CT molecular complexity index is 1340.